The molecule has 1 atom stereocenters. The van der Waals surface area contributed by atoms with Gasteiger partial charge in [-0.25, -0.2) is 4.39 Å². The van der Waals surface area contributed by atoms with Crippen molar-refractivity contribution < 1.29 is 9.13 Å². The molecule has 0 aromatic heterocycles. The van der Waals surface area contributed by atoms with Crippen molar-refractivity contribution in [2.24, 2.45) is 5.73 Å². The smallest absolute Gasteiger partial charge is 0.131 e. The lowest BCUT2D eigenvalue weighted by Gasteiger charge is -2.07. The molecule has 4 heteroatoms. The van der Waals surface area contributed by atoms with Crippen LogP contribution in [-0.4, -0.2) is 7.11 Å². The van der Waals surface area contributed by atoms with Crippen LogP contribution in [0.2, 0.25) is 0 Å². The summed E-state index contributed by atoms with van der Waals surface area (Å²) in [5.41, 5.74) is 6.04. The van der Waals surface area contributed by atoms with E-state index in [2.05, 4.69) is 0 Å². The first-order valence-corrected chi connectivity index (χ1v) is 3.74. The Labute approximate surface area is 83.3 Å². The second kappa shape index (κ2) is 5.04. The summed E-state index contributed by atoms with van der Waals surface area (Å²) in [6, 6.07) is 4.38. The third-order valence-corrected chi connectivity index (χ3v) is 1.70. The maximum absolute atomic E-state index is 13.1. The van der Waals surface area contributed by atoms with Gasteiger partial charge in [-0.3, -0.25) is 0 Å². The molecule has 0 heterocycles. The van der Waals surface area contributed by atoms with Crippen LogP contribution in [-0.2, 0) is 0 Å². The zero-order valence-corrected chi connectivity index (χ0v) is 8.40. The molecule has 0 saturated carbocycles. The molecule has 74 valence electrons. The monoisotopic (exact) mass is 205 g/mol. The van der Waals surface area contributed by atoms with Gasteiger partial charge in [0.15, 0.2) is 0 Å². The molecule has 2 N–H and O–H groups in total. The molecule has 13 heavy (non-hydrogen) atoms. The molecule has 1 rings (SSSR count). The number of hydrogen-bond donors (Lipinski definition) is 1. The third kappa shape index (κ3) is 2.86. The van der Waals surface area contributed by atoms with Crippen LogP contribution < -0.4 is 10.5 Å². The van der Waals surface area contributed by atoms with Crippen molar-refractivity contribution in [3.8, 4) is 5.75 Å². The van der Waals surface area contributed by atoms with E-state index in [1.54, 1.807) is 19.1 Å². The van der Waals surface area contributed by atoms with Gasteiger partial charge >= 0.3 is 0 Å². The van der Waals surface area contributed by atoms with E-state index in [-0.39, 0.29) is 24.3 Å². The number of methoxy groups -OCH3 is 1. The maximum atomic E-state index is 13.1. The second-order valence-corrected chi connectivity index (χ2v) is 2.68. The second-order valence-electron chi connectivity index (χ2n) is 2.68. The minimum Gasteiger partial charge on any atom is -0.497 e. The lowest BCUT2D eigenvalue weighted by molar-refractivity contribution is 0.410. The summed E-state index contributed by atoms with van der Waals surface area (Å²) in [6.45, 7) is 1.74. The van der Waals surface area contributed by atoms with Crippen LogP contribution in [0.5, 0.6) is 5.75 Å². The molecule has 0 aliphatic heterocycles. The molecule has 0 spiro atoms. The van der Waals surface area contributed by atoms with Gasteiger partial charge in [-0.2, -0.15) is 0 Å². The van der Waals surface area contributed by atoms with Crippen LogP contribution in [0.1, 0.15) is 18.5 Å². The lowest BCUT2D eigenvalue weighted by Crippen LogP contribution is -2.07. The minimum atomic E-state index is -0.315. The van der Waals surface area contributed by atoms with Crippen molar-refractivity contribution in [1.29, 1.82) is 0 Å². The van der Waals surface area contributed by atoms with Crippen LogP contribution in [0.15, 0.2) is 18.2 Å². The van der Waals surface area contributed by atoms with Crippen LogP contribution >= 0.6 is 12.4 Å². The summed E-state index contributed by atoms with van der Waals surface area (Å²) < 4.78 is 18.0. The predicted octanol–water partition coefficient (Wildman–Crippen LogP) is 2.28. The fourth-order valence-electron chi connectivity index (χ4n) is 1.00. The van der Waals surface area contributed by atoms with Gasteiger partial charge in [0.2, 0.25) is 0 Å². The summed E-state index contributed by atoms with van der Waals surface area (Å²) in [6.07, 6.45) is 0. The Morgan fingerprint density at radius 1 is 1.46 bits per heavy atom. The lowest BCUT2D eigenvalue weighted by atomic mass is 10.1. The highest BCUT2D eigenvalue weighted by Gasteiger charge is 2.06. The molecular formula is C9H13ClFNO. The SMILES string of the molecule is COc1ccc(C(C)N)c(F)c1.Cl. The van der Waals surface area contributed by atoms with Crippen molar-refractivity contribution in [2.45, 2.75) is 13.0 Å². The van der Waals surface area contributed by atoms with Crippen LogP contribution in [0.3, 0.4) is 0 Å². The number of nitrogens with two attached hydrogens (primary N) is 1. The van der Waals surface area contributed by atoms with E-state index in [1.807, 2.05) is 0 Å². The van der Waals surface area contributed by atoms with E-state index in [9.17, 15) is 4.39 Å². The molecule has 1 unspecified atom stereocenters. The first-order valence-electron chi connectivity index (χ1n) is 3.74. The summed E-state index contributed by atoms with van der Waals surface area (Å²) in [5.74, 6) is 0.196. The Morgan fingerprint density at radius 2 is 2.08 bits per heavy atom. The highest BCUT2D eigenvalue weighted by atomic mass is 35.5. The van der Waals surface area contributed by atoms with E-state index < -0.39 is 0 Å². The standard InChI is InChI=1S/C9H12FNO.ClH/c1-6(11)8-4-3-7(12-2)5-9(8)10;/h3-6H,11H2,1-2H3;1H. The average molecular weight is 206 g/mol. The highest BCUT2D eigenvalue weighted by Crippen LogP contribution is 2.19. The van der Waals surface area contributed by atoms with Gasteiger partial charge in [0.05, 0.1) is 7.11 Å². The van der Waals surface area contributed by atoms with Gasteiger partial charge in [-0.15, -0.1) is 12.4 Å². The molecule has 0 aliphatic carbocycles. The summed E-state index contributed by atoms with van der Waals surface area (Å²) >= 11 is 0. The number of ether oxygens (including phenoxy) is 1. The molecule has 1 aromatic rings. The van der Waals surface area contributed by atoms with Crippen molar-refractivity contribution in [2.75, 3.05) is 7.11 Å². The van der Waals surface area contributed by atoms with Crippen molar-refractivity contribution in [3.63, 3.8) is 0 Å². The number of rotatable bonds is 2. The highest BCUT2D eigenvalue weighted by molar-refractivity contribution is 5.85. The third-order valence-electron chi connectivity index (χ3n) is 1.70. The topological polar surface area (TPSA) is 35.2 Å². The van der Waals surface area contributed by atoms with Gasteiger partial charge in [0, 0.05) is 17.7 Å². The fraction of sp³-hybridized carbons (Fsp3) is 0.333. The maximum Gasteiger partial charge on any atom is 0.131 e. The first kappa shape index (κ1) is 12.2. The predicted molar refractivity (Wildman–Crippen MR) is 52.8 cm³/mol. The number of benzene rings is 1. The van der Waals surface area contributed by atoms with E-state index in [4.69, 9.17) is 10.5 Å². The zero-order chi connectivity index (χ0) is 9.14. The Bertz CT molecular complexity index is 278. The minimum absolute atomic E-state index is 0. The molecule has 0 saturated heterocycles. The van der Waals surface area contributed by atoms with Gasteiger partial charge < -0.3 is 10.5 Å². The first-order chi connectivity index (χ1) is 5.65. The van der Waals surface area contributed by atoms with E-state index in [0.29, 0.717) is 11.3 Å². The molecule has 2 nitrogen and oxygen atoms in total. The van der Waals surface area contributed by atoms with Crippen molar-refractivity contribution >= 4 is 12.4 Å². The molecular weight excluding hydrogens is 193 g/mol. The molecule has 0 aliphatic rings. The van der Waals surface area contributed by atoms with E-state index >= 15 is 0 Å². The fourth-order valence-corrected chi connectivity index (χ4v) is 1.00. The van der Waals surface area contributed by atoms with Crippen molar-refractivity contribution in [1.82, 2.24) is 0 Å². The summed E-state index contributed by atoms with van der Waals surface area (Å²) in [4.78, 5) is 0. The Balaban J connectivity index is 0.00000144. The van der Waals surface area contributed by atoms with E-state index in [1.165, 1.54) is 13.2 Å². The van der Waals surface area contributed by atoms with Crippen LogP contribution in [0.25, 0.3) is 0 Å². The number of hydrogen-bond acceptors (Lipinski definition) is 2. The van der Waals surface area contributed by atoms with Gasteiger partial charge in [0.1, 0.15) is 11.6 Å². The van der Waals surface area contributed by atoms with Crippen LogP contribution in [0.4, 0.5) is 4.39 Å². The quantitative estimate of drug-likeness (QED) is 0.804. The Hall–Kier alpha value is -0.800. The van der Waals surface area contributed by atoms with E-state index in [0.717, 1.165) is 0 Å². The normalized spacial score (nSPS) is 11.7. The summed E-state index contributed by atoms with van der Waals surface area (Å²) in [5, 5.41) is 0. The average Bonchev–Trinajstić information content (AvgIpc) is 2.03. The zero-order valence-electron chi connectivity index (χ0n) is 7.58. The van der Waals surface area contributed by atoms with Gasteiger partial charge in [0.25, 0.3) is 0 Å². The van der Waals surface area contributed by atoms with Gasteiger partial charge in [-0.1, -0.05) is 6.07 Å². The molecule has 1 aromatic carbocycles. The molecule has 0 bridgehead atoms. The largest absolute Gasteiger partial charge is 0.497 e. The van der Waals surface area contributed by atoms with Gasteiger partial charge in [-0.05, 0) is 13.0 Å². The molecule has 0 fully saturated rings. The van der Waals surface area contributed by atoms with Crippen LogP contribution in [0, 0.1) is 5.82 Å². The summed E-state index contributed by atoms with van der Waals surface area (Å²) in [7, 11) is 1.50. The Morgan fingerprint density at radius 3 is 2.46 bits per heavy atom. The Kier molecular flexibility index (Phi) is 4.73. The molecule has 0 radical (unpaired) electrons. The van der Waals surface area contributed by atoms with Crippen molar-refractivity contribution in [3.05, 3.63) is 29.6 Å². The molecule has 0 amide bonds. The number of halogens is 2.